The number of rotatable bonds is 3. The highest BCUT2D eigenvalue weighted by Gasteiger charge is 2.52. The summed E-state index contributed by atoms with van der Waals surface area (Å²) in [6.45, 7) is 3.35. The van der Waals surface area contributed by atoms with Crippen molar-refractivity contribution in [1.29, 1.82) is 0 Å². The van der Waals surface area contributed by atoms with Crippen LogP contribution in [0.4, 0.5) is 0 Å². The van der Waals surface area contributed by atoms with E-state index in [0.717, 1.165) is 32.4 Å². The van der Waals surface area contributed by atoms with E-state index in [0.29, 0.717) is 25.6 Å². The third kappa shape index (κ3) is 2.47. The van der Waals surface area contributed by atoms with Gasteiger partial charge in [-0.1, -0.05) is 24.3 Å². The molecule has 1 aliphatic carbocycles. The van der Waals surface area contributed by atoms with Crippen LogP contribution < -0.4 is 0 Å². The molecule has 2 fully saturated rings. The van der Waals surface area contributed by atoms with Crippen LogP contribution in [-0.4, -0.2) is 52.6 Å². The lowest BCUT2D eigenvalue weighted by molar-refractivity contribution is -0.145. The fourth-order valence-electron chi connectivity index (χ4n) is 3.72. The molecule has 4 rings (SSSR count). The summed E-state index contributed by atoms with van der Waals surface area (Å²) in [4.78, 5) is 16.4. The van der Waals surface area contributed by atoms with Crippen LogP contribution in [0, 0.1) is 5.92 Å². The number of hydrogen-bond acceptors (Lipinski definition) is 3. The molecule has 0 unspecified atom stereocenters. The maximum absolute atomic E-state index is 12.4. The lowest BCUT2D eigenvalue weighted by Crippen LogP contribution is -2.64. The fraction of sp³-hybridized carbons (Fsp3) is 0.588. The van der Waals surface area contributed by atoms with Crippen molar-refractivity contribution < 1.29 is 9.90 Å². The largest absolute Gasteiger partial charge is 0.387 e. The zero-order chi connectivity index (χ0) is 14.4. The summed E-state index contributed by atoms with van der Waals surface area (Å²) in [5.74, 6) is 0.688. The van der Waals surface area contributed by atoms with Gasteiger partial charge in [-0.2, -0.15) is 0 Å². The number of β-amino-alcohol motifs (C(OH)–C–C–N with tert-alkyl or cyclic N) is 1. The first kappa shape index (κ1) is 13.3. The molecule has 1 amide bonds. The predicted molar refractivity (Wildman–Crippen MR) is 79.7 cm³/mol. The molecule has 4 nitrogen and oxygen atoms in total. The van der Waals surface area contributed by atoms with Crippen molar-refractivity contribution in [2.45, 2.75) is 31.4 Å². The zero-order valence-electron chi connectivity index (χ0n) is 12.3. The van der Waals surface area contributed by atoms with Crippen molar-refractivity contribution in [3.8, 4) is 0 Å². The van der Waals surface area contributed by atoms with Gasteiger partial charge in [-0.05, 0) is 36.3 Å². The highest BCUT2D eigenvalue weighted by molar-refractivity contribution is 5.78. The molecule has 2 aliphatic heterocycles. The van der Waals surface area contributed by atoms with Crippen molar-refractivity contribution in [2.75, 3.05) is 26.2 Å². The van der Waals surface area contributed by atoms with Crippen LogP contribution in [0.5, 0.6) is 0 Å². The Labute approximate surface area is 125 Å². The maximum atomic E-state index is 12.4. The lowest BCUT2D eigenvalue weighted by Gasteiger charge is -2.47. The molecular weight excluding hydrogens is 264 g/mol. The first-order chi connectivity index (χ1) is 10.1. The van der Waals surface area contributed by atoms with Crippen LogP contribution in [0.3, 0.4) is 0 Å². The van der Waals surface area contributed by atoms with Gasteiger partial charge in [0.25, 0.3) is 0 Å². The van der Waals surface area contributed by atoms with E-state index in [1.54, 1.807) is 0 Å². The van der Waals surface area contributed by atoms with Crippen LogP contribution in [0.15, 0.2) is 24.3 Å². The summed E-state index contributed by atoms with van der Waals surface area (Å²) in [5, 5.41) is 10.3. The molecule has 1 aromatic carbocycles. The van der Waals surface area contributed by atoms with E-state index in [1.807, 2.05) is 11.0 Å². The topological polar surface area (TPSA) is 43.8 Å². The molecule has 3 aliphatic rings. The van der Waals surface area contributed by atoms with Gasteiger partial charge in [0.05, 0.1) is 12.1 Å². The van der Waals surface area contributed by atoms with Crippen LogP contribution in [0.2, 0.25) is 0 Å². The van der Waals surface area contributed by atoms with Crippen molar-refractivity contribution in [3.63, 3.8) is 0 Å². The van der Waals surface area contributed by atoms with Crippen molar-refractivity contribution in [2.24, 2.45) is 5.92 Å². The van der Waals surface area contributed by atoms with Gasteiger partial charge in [-0.3, -0.25) is 9.69 Å². The molecule has 0 radical (unpaired) electrons. The first-order valence-corrected chi connectivity index (χ1v) is 7.93. The number of amides is 1. The van der Waals surface area contributed by atoms with Gasteiger partial charge < -0.3 is 10.0 Å². The number of aliphatic hydroxyl groups is 1. The Morgan fingerprint density at radius 2 is 1.95 bits per heavy atom. The van der Waals surface area contributed by atoms with Crippen LogP contribution >= 0.6 is 0 Å². The molecular formula is C17H22N2O2. The molecule has 112 valence electrons. The summed E-state index contributed by atoms with van der Waals surface area (Å²) >= 11 is 0. The number of benzene rings is 1. The molecule has 1 aromatic rings. The summed E-state index contributed by atoms with van der Waals surface area (Å²) < 4.78 is 0. The number of fused-ring (bicyclic) bond motifs is 1. The van der Waals surface area contributed by atoms with Crippen LogP contribution in [0.25, 0.3) is 0 Å². The molecule has 0 spiro atoms. The van der Waals surface area contributed by atoms with Gasteiger partial charge in [-0.25, -0.2) is 0 Å². The average Bonchev–Trinajstić information content (AvgIpc) is 3.29. The maximum Gasteiger partial charge on any atom is 0.237 e. The minimum atomic E-state index is -0.491. The monoisotopic (exact) mass is 286 g/mol. The van der Waals surface area contributed by atoms with Gasteiger partial charge in [0.2, 0.25) is 5.91 Å². The third-order valence-electron chi connectivity index (χ3n) is 5.17. The predicted octanol–water partition coefficient (Wildman–Crippen LogP) is 1.03. The molecule has 21 heavy (non-hydrogen) atoms. The Kier molecular flexibility index (Phi) is 3.05. The number of carbonyl (C=O) groups excluding carboxylic acids is 1. The smallest absolute Gasteiger partial charge is 0.237 e. The summed E-state index contributed by atoms with van der Waals surface area (Å²) in [7, 11) is 0. The second kappa shape index (κ2) is 4.82. The van der Waals surface area contributed by atoms with Gasteiger partial charge in [-0.15, -0.1) is 0 Å². The van der Waals surface area contributed by atoms with Crippen molar-refractivity contribution in [3.05, 3.63) is 35.4 Å². The lowest BCUT2D eigenvalue weighted by atomic mass is 9.89. The molecule has 1 N–H and O–H groups in total. The van der Waals surface area contributed by atoms with Gasteiger partial charge >= 0.3 is 0 Å². The molecule has 1 saturated carbocycles. The number of hydrogen-bond donors (Lipinski definition) is 1. The summed E-state index contributed by atoms with van der Waals surface area (Å²) in [6.07, 6.45) is 3.26. The highest BCUT2D eigenvalue weighted by Crippen LogP contribution is 2.44. The summed E-state index contributed by atoms with van der Waals surface area (Å²) in [6, 6.07) is 8.37. The normalized spacial score (nSPS) is 24.3. The Morgan fingerprint density at radius 3 is 2.67 bits per heavy atom. The van der Waals surface area contributed by atoms with E-state index in [1.165, 1.54) is 11.1 Å². The van der Waals surface area contributed by atoms with Gasteiger partial charge in [0.15, 0.2) is 0 Å². The minimum Gasteiger partial charge on any atom is -0.387 e. The summed E-state index contributed by atoms with van der Waals surface area (Å²) in [5.41, 5.74) is 2.15. The second-order valence-corrected chi connectivity index (χ2v) is 6.86. The van der Waals surface area contributed by atoms with E-state index in [2.05, 4.69) is 23.1 Å². The van der Waals surface area contributed by atoms with Gasteiger partial charge in [0.1, 0.15) is 0 Å². The van der Waals surface area contributed by atoms with Crippen molar-refractivity contribution >= 4 is 5.91 Å². The third-order valence-corrected chi connectivity index (χ3v) is 5.17. The number of likely N-dealkylation sites (tertiary alicyclic amines) is 1. The molecule has 4 heteroatoms. The quantitative estimate of drug-likeness (QED) is 0.902. The molecule has 0 atom stereocenters. The fourth-order valence-corrected chi connectivity index (χ4v) is 3.72. The second-order valence-electron chi connectivity index (χ2n) is 6.86. The van der Waals surface area contributed by atoms with E-state index in [4.69, 9.17) is 0 Å². The average molecular weight is 286 g/mol. The Bertz CT molecular complexity index is 562. The van der Waals surface area contributed by atoms with E-state index in [-0.39, 0.29) is 5.91 Å². The molecule has 2 heterocycles. The van der Waals surface area contributed by atoms with E-state index in [9.17, 15) is 9.90 Å². The van der Waals surface area contributed by atoms with Gasteiger partial charge in [0, 0.05) is 26.2 Å². The van der Waals surface area contributed by atoms with Crippen molar-refractivity contribution in [1.82, 2.24) is 9.80 Å². The first-order valence-electron chi connectivity index (χ1n) is 7.93. The SMILES string of the molecule is O=C(CN1CC(O)(C2CC2)C1)N1CCc2ccccc2C1. The van der Waals surface area contributed by atoms with Crippen LogP contribution in [0.1, 0.15) is 24.0 Å². The molecule has 0 aromatic heterocycles. The highest BCUT2D eigenvalue weighted by atomic mass is 16.3. The number of nitrogens with zero attached hydrogens (tertiary/aromatic N) is 2. The Hall–Kier alpha value is -1.39. The van der Waals surface area contributed by atoms with E-state index >= 15 is 0 Å². The zero-order valence-corrected chi connectivity index (χ0v) is 12.3. The van der Waals surface area contributed by atoms with Crippen LogP contribution in [-0.2, 0) is 17.8 Å². The number of carbonyl (C=O) groups is 1. The molecule has 0 bridgehead atoms. The Morgan fingerprint density at radius 1 is 1.24 bits per heavy atom. The molecule has 1 saturated heterocycles. The van der Waals surface area contributed by atoms with E-state index < -0.39 is 5.60 Å². The minimum absolute atomic E-state index is 0.197. The standard InChI is InChI=1S/C17H22N2O2/c20-16(10-18-11-17(21,12-18)15-5-6-15)19-8-7-13-3-1-2-4-14(13)9-19/h1-4,15,21H,5-12H2. The Balaban J connectivity index is 1.32.